The van der Waals surface area contributed by atoms with Gasteiger partial charge in [-0.25, -0.2) is 0 Å². The summed E-state index contributed by atoms with van der Waals surface area (Å²) in [5.74, 6) is 1.12. The Morgan fingerprint density at radius 1 is 1.41 bits per heavy atom. The molecule has 3 nitrogen and oxygen atoms in total. The molecule has 0 aromatic heterocycles. The summed E-state index contributed by atoms with van der Waals surface area (Å²) in [6.45, 7) is 2.65. The minimum Gasteiger partial charge on any atom is -0.399 e. The summed E-state index contributed by atoms with van der Waals surface area (Å²) in [5, 5.41) is 2.92. The van der Waals surface area contributed by atoms with E-state index in [0.717, 1.165) is 30.7 Å². The van der Waals surface area contributed by atoms with Gasteiger partial charge in [-0.05, 0) is 49.5 Å². The minimum atomic E-state index is -0.0287. The largest absolute Gasteiger partial charge is 0.399 e. The second kappa shape index (κ2) is 7.22. The van der Waals surface area contributed by atoms with Gasteiger partial charge in [-0.15, -0.1) is 0 Å². The molecule has 1 aromatic carbocycles. The topological polar surface area (TPSA) is 55.1 Å². The van der Waals surface area contributed by atoms with Crippen LogP contribution >= 0.6 is 11.8 Å². The van der Waals surface area contributed by atoms with Gasteiger partial charge in [-0.1, -0.05) is 6.07 Å². The lowest BCUT2D eigenvalue weighted by Gasteiger charge is -2.08. The maximum atomic E-state index is 11.9. The van der Waals surface area contributed by atoms with Crippen molar-refractivity contribution in [3.05, 3.63) is 29.3 Å². The smallest absolute Gasteiger partial charge is 0.251 e. The zero-order chi connectivity index (χ0) is 12.7. The first-order valence-corrected chi connectivity index (χ1v) is 7.18. The number of amides is 1. The van der Waals surface area contributed by atoms with Gasteiger partial charge in [0.2, 0.25) is 0 Å². The van der Waals surface area contributed by atoms with E-state index in [9.17, 15) is 4.79 Å². The predicted octanol–water partition coefficient (Wildman–Crippen LogP) is 2.45. The first-order chi connectivity index (χ1) is 8.15. The fraction of sp³-hybridized carbons (Fsp3) is 0.462. The van der Waals surface area contributed by atoms with Crippen molar-refractivity contribution < 1.29 is 4.79 Å². The Bertz CT molecular complexity index is 380. The molecule has 4 heteroatoms. The van der Waals surface area contributed by atoms with Gasteiger partial charge in [0.05, 0.1) is 0 Å². The molecule has 0 bridgehead atoms. The number of rotatable bonds is 6. The lowest BCUT2D eigenvalue weighted by Crippen LogP contribution is -2.25. The Morgan fingerprint density at radius 3 is 2.88 bits per heavy atom. The van der Waals surface area contributed by atoms with Crippen LogP contribution in [0.2, 0.25) is 0 Å². The van der Waals surface area contributed by atoms with Crippen LogP contribution in [0.5, 0.6) is 0 Å². The summed E-state index contributed by atoms with van der Waals surface area (Å²) >= 11 is 1.83. The van der Waals surface area contributed by atoms with Crippen molar-refractivity contribution in [2.45, 2.75) is 19.8 Å². The molecule has 1 rings (SSSR count). The average Bonchev–Trinajstić information content (AvgIpc) is 2.32. The number of benzene rings is 1. The van der Waals surface area contributed by atoms with Crippen LogP contribution in [0, 0.1) is 6.92 Å². The maximum absolute atomic E-state index is 11.9. The molecule has 3 N–H and O–H groups in total. The second-order valence-electron chi connectivity index (χ2n) is 4.03. The zero-order valence-electron chi connectivity index (χ0n) is 10.5. The highest BCUT2D eigenvalue weighted by Gasteiger charge is 2.08. The van der Waals surface area contributed by atoms with Crippen molar-refractivity contribution >= 4 is 23.4 Å². The summed E-state index contributed by atoms with van der Waals surface area (Å²) < 4.78 is 0. The number of nitrogens with one attached hydrogen (secondary N) is 1. The Morgan fingerprint density at radius 2 is 2.18 bits per heavy atom. The number of carbonyl (C=O) groups excluding carboxylic acids is 1. The van der Waals surface area contributed by atoms with Crippen LogP contribution in [0.4, 0.5) is 5.69 Å². The third-order valence-corrected chi connectivity index (χ3v) is 3.26. The third kappa shape index (κ3) is 4.69. The van der Waals surface area contributed by atoms with Crippen LogP contribution in [-0.4, -0.2) is 24.5 Å². The van der Waals surface area contributed by atoms with Gasteiger partial charge < -0.3 is 11.1 Å². The molecule has 0 aliphatic carbocycles. The van der Waals surface area contributed by atoms with Gasteiger partial charge >= 0.3 is 0 Å². The standard InChI is InChI=1S/C13H20N2OS/c1-10-5-6-11(14)9-12(10)13(16)15-7-3-4-8-17-2/h5-6,9H,3-4,7-8,14H2,1-2H3,(H,15,16). The normalized spacial score (nSPS) is 10.2. The molecular weight excluding hydrogens is 232 g/mol. The molecule has 0 spiro atoms. The molecule has 1 aromatic rings. The summed E-state index contributed by atoms with van der Waals surface area (Å²) in [7, 11) is 0. The molecule has 0 unspecified atom stereocenters. The molecular formula is C13H20N2OS. The van der Waals surface area contributed by atoms with Crippen LogP contribution in [0.1, 0.15) is 28.8 Å². The number of unbranched alkanes of at least 4 members (excludes halogenated alkanes) is 1. The number of aryl methyl sites for hydroxylation is 1. The first kappa shape index (κ1) is 13.9. The number of carbonyl (C=O) groups is 1. The Labute approximate surface area is 107 Å². The lowest BCUT2D eigenvalue weighted by molar-refractivity contribution is 0.0952. The quantitative estimate of drug-likeness (QED) is 0.604. The van der Waals surface area contributed by atoms with Crippen molar-refractivity contribution in [3.8, 4) is 0 Å². The summed E-state index contributed by atoms with van der Waals surface area (Å²) in [6.07, 6.45) is 4.25. The number of hydrogen-bond acceptors (Lipinski definition) is 3. The van der Waals surface area contributed by atoms with E-state index in [4.69, 9.17) is 5.73 Å². The number of nitrogens with two attached hydrogens (primary N) is 1. The van der Waals surface area contributed by atoms with E-state index in [1.165, 1.54) is 0 Å². The van der Waals surface area contributed by atoms with Crippen molar-refractivity contribution in [2.75, 3.05) is 24.3 Å². The molecule has 17 heavy (non-hydrogen) atoms. The Kier molecular flexibility index (Phi) is 5.91. The van der Waals surface area contributed by atoms with Crippen LogP contribution in [-0.2, 0) is 0 Å². The fourth-order valence-corrected chi connectivity index (χ4v) is 2.05. The second-order valence-corrected chi connectivity index (χ2v) is 5.02. The van der Waals surface area contributed by atoms with Gasteiger partial charge in [-0.2, -0.15) is 11.8 Å². The van der Waals surface area contributed by atoms with Crippen molar-refractivity contribution in [2.24, 2.45) is 0 Å². The summed E-state index contributed by atoms with van der Waals surface area (Å²) in [4.78, 5) is 11.9. The molecule has 0 aliphatic heterocycles. The monoisotopic (exact) mass is 252 g/mol. The van der Waals surface area contributed by atoms with Gasteiger partial charge in [-0.3, -0.25) is 4.79 Å². The average molecular weight is 252 g/mol. The van der Waals surface area contributed by atoms with E-state index >= 15 is 0 Å². The van der Waals surface area contributed by atoms with Crippen LogP contribution in [0.15, 0.2) is 18.2 Å². The van der Waals surface area contributed by atoms with Crippen molar-refractivity contribution in [1.82, 2.24) is 5.32 Å². The van der Waals surface area contributed by atoms with E-state index in [-0.39, 0.29) is 5.91 Å². The fourth-order valence-electron chi connectivity index (χ4n) is 1.55. The van der Waals surface area contributed by atoms with Crippen molar-refractivity contribution in [1.29, 1.82) is 0 Å². The summed E-state index contributed by atoms with van der Waals surface area (Å²) in [6, 6.07) is 5.41. The van der Waals surface area contributed by atoms with E-state index in [2.05, 4.69) is 11.6 Å². The van der Waals surface area contributed by atoms with E-state index < -0.39 is 0 Å². The Hall–Kier alpha value is -1.16. The predicted molar refractivity (Wildman–Crippen MR) is 75.5 cm³/mol. The molecule has 0 aliphatic rings. The summed E-state index contributed by atoms with van der Waals surface area (Å²) in [5.41, 5.74) is 7.94. The van der Waals surface area contributed by atoms with Gasteiger partial charge in [0.1, 0.15) is 0 Å². The maximum Gasteiger partial charge on any atom is 0.251 e. The number of nitrogen functional groups attached to an aromatic ring is 1. The molecule has 1 amide bonds. The molecule has 0 radical (unpaired) electrons. The third-order valence-electron chi connectivity index (χ3n) is 2.57. The Balaban J connectivity index is 2.44. The van der Waals surface area contributed by atoms with Crippen LogP contribution in [0.25, 0.3) is 0 Å². The first-order valence-electron chi connectivity index (χ1n) is 5.78. The highest BCUT2D eigenvalue weighted by atomic mass is 32.2. The SMILES string of the molecule is CSCCCCNC(=O)c1cc(N)ccc1C. The molecule has 0 atom stereocenters. The van der Waals surface area contributed by atoms with Crippen molar-refractivity contribution in [3.63, 3.8) is 0 Å². The van der Waals surface area contributed by atoms with E-state index in [1.807, 2.05) is 30.8 Å². The minimum absolute atomic E-state index is 0.0287. The number of anilines is 1. The van der Waals surface area contributed by atoms with E-state index in [0.29, 0.717) is 11.3 Å². The van der Waals surface area contributed by atoms with Gasteiger partial charge in [0, 0.05) is 17.8 Å². The van der Waals surface area contributed by atoms with Gasteiger partial charge in [0.15, 0.2) is 0 Å². The van der Waals surface area contributed by atoms with Crippen LogP contribution < -0.4 is 11.1 Å². The molecule has 0 saturated carbocycles. The van der Waals surface area contributed by atoms with E-state index in [1.54, 1.807) is 6.07 Å². The highest BCUT2D eigenvalue weighted by molar-refractivity contribution is 7.98. The van der Waals surface area contributed by atoms with Crippen LogP contribution in [0.3, 0.4) is 0 Å². The molecule has 0 fully saturated rings. The number of thioether (sulfide) groups is 1. The lowest BCUT2D eigenvalue weighted by atomic mass is 10.1. The van der Waals surface area contributed by atoms with Gasteiger partial charge in [0.25, 0.3) is 5.91 Å². The molecule has 0 heterocycles. The zero-order valence-corrected chi connectivity index (χ0v) is 11.3. The number of hydrogen-bond donors (Lipinski definition) is 2. The molecule has 94 valence electrons. The molecule has 0 saturated heterocycles. The highest BCUT2D eigenvalue weighted by Crippen LogP contribution is 2.12.